The molecule has 1 atom stereocenters. The maximum absolute atomic E-state index is 5.67. The topological polar surface area (TPSA) is 47.3 Å². The molecule has 0 radical (unpaired) electrons. The molecule has 0 bridgehead atoms. The quantitative estimate of drug-likeness (QED) is 0.200. The number of rotatable bonds is 22. The van der Waals surface area contributed by atoms with Gasteiger partial charge in [-0.3, -0.25) is 9.41 Å². The van der Waals surface area contributed by atoms with Crippen molar-refractivity contribution in [3.05, 3.63) is 0 Å². The van der Waals surface area contributed by atoms with Gasteiger partial charge in [-0.15, -0.1) is 0 Å². The second-order valence-corrected chi connectivity index (χ2v) is 7.82. The van der Waals surface area contributed by atoms with Crippen molar-refractivity contribution in [1.82, 2.24) is 5.32 Å². The highest BCUT2D eigenvalue weighted by Crippen LogP contribution is 2.13. The molecular formula is C23H52F2N2O. The first kappa shape index (κ1) is 32.4. The summed E-state index contributed by atoms with van der Waals surface area (Å²) in [5.41, 5.74) is 5.67. The molecule has 0 aromatic rings. The second-order valence-electron chi connectivity index (χ2n) is 7.82. The van der Waals surface area contributed by atoms with E-state index in [0.717, 1.165) is 19.7 Å². The molecule has 0 spiro atoms. The molecule has 0 saturated carbocycles. The summed E-state index contributed by atoms with van der Waals surface area (Å²) < 4.78 is 5.54. The van der Waals surface area contributed by atoms with E-state index in [1.165, 1.54) is 103 Å². The van der Waals surface area contributed by atoms with Gasteiger partial charge >= 0.3 is 0 Å². The molecule has 0 aromatic heterocycles. The van der Waals surface area contributed by atoms with Crippen LogP contribution in [-0.2, 0) is 4.74 Å². The van der Waals surface area contributed by atoms with Crippen molar-refractivity contribution in [3.8, 4) is 0 Å². The van der Waals surface area contributed by atoms with Gasteiger partial charge < -0.3 is 15.8 Å². The average molecular weight is 411 g/mol. The molecule has 1 unspecified atom stereocenters. The molecule has 0 aliphatic rings. The van der Waals surface area contributed by atoms with Gasteiger partial charge in [0.05, 0.1) is 6.10 Å². The first-order valence-corrected chi connectivity index (χ1v) is 11.9. The number of halogens is 2. The Labute approximate surface area is 174 Å². The lowest BCUT2D eigenvalue weighted by Gasteiger charge is -2.15. The van der Waals surface area contributed by atoms with Gasteiger partial charge in [0.25, 0.3) is 0 Å². The van der Waals surface area contributed by atoms with E-state index in [1.807, 2.05) is 6.92 Å². The van der Waals surface area contributed by atoms with E-state index in [9.17, 15) is 0 Å². The minimum Gasteiger partial charge on any atom is -0.376 e. The van der Waals surface area contributed by atoms with Gasteiger partial charge in [-0.1, -0.05) is 103 Å². The summed E-state index contributed by atoms with van der Waals surface area (Å²) in [5, 5.41) is 3.47. The van der Waals surface area contributed by atoms with E-state index >= 15 is 0 Å². The van der Waals surface area contributed by atoms with Gasteiger partial charge in [0.1, 0.15) is 0 Å². The van der Waals surface area contributed by atoms with Gasteiger partial charge in [-0.05, 0) is 19.9 Å². The number of hydrogen-bond donors (Lipinski definition) is 2. The Balaban J connectivity index is -0.00000312. The zero-order valence-corrected chi connectivity index (χ0v) is 19.0. The van der Waals surface area contributed by atoms with Gasteiger partial charge in [0.15, 0.2) is 0 Å². The van der Waals surface area contributed by atoms with E-state index in [2.05, 4.69) is 12.2 Å². The van der Waals surface area contributed by atoms with Crippen molar-refractivity contribution in [3.63, 3.8) is 0 Å². The van der Waals surface area contributed by atoms with Crippen LogP contribution in [0.15, 0.2) is 0 Å². The maximum Gasteiger partial charge on any atom is 0.0821 e. The second kappa shape index (κ2) is 28.9. The van der Waals surface area contributed by atoms with Crippen LogP contribution in [-0.4, -0.2) is 32.3 Å². The summed E-state index contributed by atoms with van der Waals surface area (Å²) in [4.78, 5) is 0. The summed E-state index contributed by atoms with van der Waals surface area (Å²) in [5.74, 6) is 0. The van der Waals surface area contributed by atoms with Crippen LogP contribution < -0.4 is 11.1 Å². The number of hydrogen-bond acceptors (Lipinski definition) is 3. The van der Waals surface area contributed by atoms with Crippen molar-refractivity contribution in [1.29, 1.82) is 0 Å². The molecule has 3 N–H and O–H groups in total. The van der Waals surface area contributed by atoms with Crippen molar-refractivity contribution in [2.45, 2.75) is 123 Å². The molecule has 0 heterocycles. The van der Waals surface area contributed by atoms with Crippen LogP contribution >= 0.6 is 0 Å². The SMILES string of the molecule is CCCCCCCCCCCCCCCCCCNCC(CN)OCC.F.F. The predicted octanol–water partition coefficient (Wildman–Crippen LogP) is 6.51. The highest BCUT2D eigenvalue weighted by molar-refractivity contribution is 4.62. The Morgan fingerprint density at radius 3 is 1.39 bits per heavy atom. The maximum atomic E-state index is 5.67. The fourth-order valence-electron chi connectivity index (χ4n) is 3.51. The Bertz CT molecular complexity index is 259. The molecule has 0 amide bonds. The van der Waals surface area contributed by atoms with Crippen LogP contribution in [0.3, 0.4) is 0 Å². The Hall–Kier alpha value is -0.260. The third-order valence-corrected chi connectivity index (χ3v) is 5.24. The minimum atomic E-state index is 0. The number of ether oxygens (including phenoxy) is 1. The van der Waals surface area contributed by atoms with Gasteiger partial charge in [0.2, 0.25) is 0 Å². The van der Waals surface area contributed by atoms with E-state index in [4.69, 9.17) is 10.5 Å². The van der Waals surface area contributed by atoms with Crippen LogP contribution in [0.25, 0.3) is 0 Å². The third-order valence-electron chi connectivity index (χ3n) is 5.24. The third kappa shape index (κ3) is 25.7. The number of nitrogens with one attached hydrogen (secondary N) is 1. The molecule has 174 valence electrons. The van der Waals surface area contributed by atoms with Crippen LogP contribution in [0.4, 0.5) is 9.41 Å². The van der Waals surface area contributed by atoms with E-state index < -0.39 is 0 Å². The molecule has 5 heteroatoms. The van der Waals surface area contributed by atoms with Crippen molar-refractivity contribution >= 4 is 0 Å². The number of unbranched alkanes of at least 4 members (excludes halogenated alkanes) is 15. The van der Waals surface area contributed by atoms with Gasteiger partial charge in [0, 0.05) is 19.7 Å². The van der Waals surface area contributed by atoms with Crippen LogP contribution in [0, 0.1) is 0 Å². The summed E-state index contributed by atoms with van der Waals surface area (Å²) in [6.07, 6.45) is 23.0. The first-order valence-electron chi connectivity index (χ1n) is 11.9. The highest BCUT2D eigenvalue weighted by Gasteiger charge is 2.04. The number of nitrogens with two attached hydrogens (primary N) is 1. The minimum absolute atomic E-state index is 0. The molecule has 0 aliphatic heterocycles. The van der Waals surface area contributed by atoms with E-state index in [-0.39, 0.29) is 15.5 Å². The van der Waals surface area contributed by atoms with Crippen molar-refractivity contribution in [2.75, 3.05) is 26.2 Å². The zero-order chi connectivity index (χ0) is 19.1. The van der Waals surface area contributed by atoms with E-state index in [1.54, 1.807) is 0 Å². The standard InChI is InChI=1S/C23H50N2O.2FH/c1-3-5-6-7-8-9-10-11-12-13-14-15-16-17-18-19-20-25-22-23(21-24)26-4-2;;/h23,25H,3-22,24H2,1-2H3;2*1H. The molecular weight excluding hydrogens is 358 g/mol. The van der Waals surface area contributed by atoms with Crippen molar-refractivity contribution < 1.29 is 14.1 Å². The summed E-state index contributed by atoms with van der Waals surface area (Å²) in [6.45, 7) is 7.67. The molecule has 28 heavy (non-hydrogen) atoms. The Morgan fingerprint density at radius 1 is 0.643 bits per heavy atom. The largest absolute Gasteiger partial charge is 0.376 e. The molecule has 0 saturated heterocycles. The predicted molar refractivity (Wildman–Crippen MR) is 122 cm³/mol. The Morgan fingerprint density at radius 2 is 1.04 bits per heavy atom. The lowest BCUT2D eigenvalue weighted by atomic mass is 10.0. The summed E-state index contributed by atoms with van der Waals surface area (Å²) in [6, 6.07) is 0. The lowest BCUT2D eigenvalue weighted by molar-refractivity contribution is 0.0689. The monoisotopic (exact) mass is 410 g/mol. The fourth-order valence-corrected chi connectivity index (χ4v) is 3.51. The zero-order valence-electron chi connectivity index (χ0n) is 19.0. The van der Waals surface area contributed by atoms with Gasteiger partial charge in [-0.25, -0.2) is 0 Å². The normalized spacial score (nSPS) is 11.7. The fraction of sp³-hybridized carbons (Fsp3) is 1.00. The summed E-state index contributed by atoms with van der Waals surface area (Å²) >= 11 is 0. The van der Waals surface area contributed by atoms with Crippen molar-refractivity contribution in [2.24, 2.45) is 5.73 Å². The molecule has 0 aliphatic carbocycles. The van der Waals surface area contributed by atoms with Gasteiger partial charge in [-0.2, -0.15) is 0 Å². The summed E-state index contributed by atoms with van der Waals surface area (Å²) in [7, 11) is 0. The highest BCUT2D eigenvalue weighted by atomic mass is 19.0. The van der Waals surface area contributed by atoms with Crippen LogP contribution in [0.1, 0.15) is 117 Å². The van der Waals surface area contributed by atoms with E-state index in [0.29, 0.717) is 6.54 Å². The molecule has 3 nitrogen and oxygen atoms in total. The van der Waals surface area contributed by atoms with Crippen LogP contribution in [0.5, 0.6) is 0 Å². The molecule has 0 aromatic carbocycles. The first-order chi connectivity index (χ1) is 12.8. The molecule has 0 rings (SSSR count). The lowest BCUT2D eigenvalue weighted by Crippen LogP contribution is -2.35. The van der Waals surface area contributed by atoms with Crippen LogP contribution in [0.2, 0.25) is 0 Å². The smallest absolute Gasteiger partial charge is 0.0821 e. The molecule has 0 fully saturated rings. The average Bonchev–Trinajstić information content (AvgIpc) is 2.66. The Kier molecular flexibility index (Phi) is 33.5.